The minimum atomic E-state index is -0.372. The molecule has 0 radical (unpaired) electrons. The Morgan fingerprint density at radius 2 is 1.59 bits per heavy atom. The van der Waals surface area contributed by atoms with Crippen LogP contribution in [0, 0.1) is 12.7 Å². The fourth-order valence-corrected chi connectivity index (χ4v) is 3.47. The van der Waals surface area contributed by atoms with Crippen LogP contribution >= 0.6 is 0 Å². The van der Waals surface area contributed by atoms with Crippen molar-refractivity contribution in [3.8, 4) is 28.1 Å². The van der Waals surface area contributed by atoms with Crippen LogP contribution in [0.5, 0.6) is 5.75 Å². The average molecular weight is 366 g/mol. The summed E-state index contributed by atoms with van der Waals surface area (Å²) in [4.78, 5) is 12.9. The van der Waals surface area contributed by atoms with Crippen LogP contribution in [0.4, 0.5) is 4.39 Å². The van der Waals surface area contributed by atoms with Gasteiger partial charge in [0.25, 0.3) is 5.56 Å². The largest absolute Gasteiger partial charge is 0.505 e. The zero-order valence-electron chi connectivity index (χ0n) is 16.0. The summed E-state index contributed by atoms with van der Waals surface area (Å²) in [7, 11) is 1.56. The second-order valence-electron chi connectivity index (χ2n) is 6.67. The zero-order chi connectivity index (χ0) is 19.7. The summed E-state index contributed by atoms with van der Waals surface area (Å²) in [6.07, 6.45) is 1.47. The lowest BCUT2D eigenvalue weighted by molar-refractivity contribution is 0.470. The van der Waals surface area contributed by atoms with Crippen LogP contribution in [0.3, 0.4) is 0 Å². The molecule has 27 heavy (non-hydrogen) atoms. The van der Waals surface area contributed by atoms with E-state index in [2.05, 4.69) is 5.10 Å². The minimum absolute atomic E-state index is 0.169. The third kappa shape index (κ3) is 3.37. The molecular weight excluding hydrogens is 343 g/mol. The van der Waals surface area contributed by atoms with Crippen LogP contribution in [0.1, 0.15) is 30.5 Å². The number of hydrogen-bond donors (Lipinski definition) is 1. The molecule has 0 aliphatic carbocycles. The quantitative estimate of drug-likeness (QED) is 0.745. The van der Waals surface area contributed by atoms with E-state index in [1.54, 1.807) is 19.2 Å². The molecule has 2 aromatic carbocycles. The Balaban J connectivity index is 2.38. The second kappa shape index (κ2) is 7.35. The van der Waals surface area contributed by atoms with Gasteiger partial charge in [0.1, 0.15) is 11.5 Å². The lowest BCUT2D eigenvalue weighted by atomic mass is 9.89. The van der Waals surface area contributed by atoms with Gasteiger partial charge in [-0.2, -0.15) is 5.10 Å². The number of nitrogens with zero attached hydrogens (tertiary/aromatic N) is 2. The molecule has 1 aromatic heterocycles. The molecule has 4 nitrogen and oxygen atoms in total. The first kappa shape index (κ1) is 18.8. The second-order valence-corrected chi connectivity index (χ2v) is 6.67. The third-order valence-corrected chi connectivity index (χ3v) is 4.79. The summed E-state index contributed by atoms with van der Waals surface area (Å²) in [6, 6.07) is 9.80. The van der Waals surface area contributed by atoms with Crippen molar-refractivity contribution in [1.82, 2.24) is 9.78 Å². The van der Waals surface area contributed by atoms with E-state index in [9.17, 15) is 14.3 Å². The number of aromatic hydroxyl groups is 1. The van der Waals surface area contributed by atoms with Crippen LogP contribution in [0.15, 0.2) is 41.2 Å². The molecule has 0 fully saturated rings. The Morgan fingerprint density at radius 3 is 2.11 bits per heavy atom. The van der Waals surface area contributed by atoms with E-state index in [1.165, 1.54) is 16.8 Å². The van der Waals surface area contributed by atoms with E-state index in [1.807, 2.05) is 32.9 Å². The average Bonchev–Trinajstić information content (AvgIpc) is 2.66. The molecule has 0 bridgehead atoms. The molecule has 5 heteroatoms. The molecule has 0 spiro atoms. The molecule has 0 aliphatic rings. The third-order valence-electron chi connectivity index (χ3n) is 4.79. The maximum absolute atomic E-state index is 13.3. The monoisotopic (exact) mass is 366 g/mol. The van der Waals surface area contributed by atoms with Gasteiger partial charge < -0.3 is 5.11 Å². The molecule has 140 valence electrons. The fraction of sp³-hybridized carbons (Fsp3) is 0.273. The number of aryl methyl sites for hydroxylation is 4. The van der Waals surface area contributed by atoms with Crippen LogP contribution in [0.25, 0.3) is 22.4 Å². The van der Waals surface area contributed by atoms with Gasteiger partial charge in [-0.15, -0.1) is 0 Å². The minimum Gasteiger partial charge on any atom is -0.505 e. The van der Waals surface area contributed by atoms with E-state index < -0.39 is 0 Å². The highest BCUT2D eigenvalue weighted by Crippen LogP contribution is 2.38. The summed E-state index contributed by atoms with van der Waals surface area (Å²) >= 11 is 0. The highest BCUT2D eigenvalue weighted by atomic mass is 19.1. The smallest absolute Gasteiger partial charge is 0.278 e. The van der Waals surface area contributed by atoms with E-state index in [-0.39, 0.29) is 28.4 Å². The van der Waals surface area contributed by atoms with Gasteiger partial charge in [-0.3, -0.25) is 4.79 Å². The van der Waals surface area contributed by atoms with Crippen molar-refractivity contribution in [2.75, 3.05) is 0 Å². The Morgan fingerprint density at radius 1 is 1.04 bits per heavy atom. The molecule has 3 aromatic rings. The first-order valence-corrected chi connectivity index (χ1v) is 9.06. The maximum Gasteiger partial charge on any atom is 0.278 e. The van der Waals surface area contributed by atoms with E-state index in [0.717, 1.165) is 35.1 Å². The Bertz CT molecular complexity index is 1030. The van der Waals surface area contributed by atoms with Crippen molar-refractivity contribution < 1.29 is 9.50 Å². The Kier molecular flexibility index (Phi) is 5.13. The topological polar surface area (TPSA) is 55.1 Å². The number of hydrogen-bond acceptors (Lipinski definition) is 3. The van der Waals surface area contributed by atoms with E-state index >= 15 is 0 Å². The van der Waals surface area contributed by atoms with Crippen LogP contribution in [0.2, 0.25) is 0 Å². The van der Waals surface area contributed by atoms with Crippen molar-refractivity contribution in [2.24, 2.45) is 7.05 Å². The summed E-state index contributed by atoms with van der Waals surface area (Å²) in [6.45, 7) is 6.08. The van der Waals surface area contributed by atoms with Crippen LogP contribution in [-0.4, -0.2) is 14.9 Å². The van der Waals surface area contributed by atoms with Gasteiger partial charge in [-0.05, 0) is 60.7 Å². The van der Waals surface area contributed by atoms with Crippen LogP contribution in [-0.2, 0) is 19.9 Å². The summed E-state index contributed by atoms with van der Waals surface area (Å²) < 4.78 is 14.5. The van der Waals surface area contributed by atoms with Crippen molar-refractivity contribution in [3.63, 3.8) is 0 Å². The lowest BCUT2D eigenvalue weighted by Gasteiger charge is -2.17. The van der Waals surface area contributed by atoms with Gasteiger partial charge in [0.2, 0.25) is 0 Å². The zero-order valence-corrected chi connectivity index (χ0v) is 16.0. The summed E-state index contributed by atoms with van der Waals surface area (Å²) in [5, 5.41) is 15.2. The standard InChI is InChI=1S/C22H23FN2O2/c1-5-14-11-13(3)12-15(6-2)18(14)19-21(26)20(24-25(4)22(19)27)16-7-9-17(23)10-8-16/h7-12,26H,5-6H2,1-4H3. The number of aromatic nitrogens is 2. The fourth-order valence-electron chi connectivity index (χ4n) is 3.47. The van der Waals surface area contributed by atoms with Gasteiger partial charge in [0.15, 0.2) is 5.75 Å². The first-order valence-electron chi connectivity index (χ1n) is 9.06. The highest BCUT2D eigenvalue weighted by Gasteiger charge is 2.22. The molecular formula is C22H23FN2O2. The van der Waals surface area contributed by atoms with Gasteiger partial charge in [0, 0.05) is 12.6 Å². The predicted octanol–water partition coefficient (Wildman–Crippen LogP) is 4.39. The number of benzene rings is 2. The normalized spacial score (nSPS) is 11.0. The van der Waals surface area contributed by atoms with Gasteiger partial charge in [-0.1, -0.05) is 31.5 Å². The van der Waals surface area contributed by atoms with E-state index in [0.29, 0.717) is 5.56 Å². The molecule has 0 saturated heterocycles. The summed E-state index contributed by atoms with van der Waals surface area (Å²) in [5.41, 5.74) is 4.62. The van der Waals surface area contributed by atoms with Crippen molar-refractivity contribution in [3.05, 3.63) is 69.3 Å². The molecule has 0 amide bonds. The molecule has 0 atom stereocenters. The lowest BCUT2D eigenvalue weighted by Crippen LogP contribution is -2.23. The van der Waals surface area contributed by atoms with Crippen molar-refractivity contribution in [1.29, 1.82) is 0 Å². The van der Waals surface area contributed by atoms with Crippen molar-refractivity contribution >= 4 is 0 Å². The van der Waals surface area contributed by atoms with Crippen LogP contribution < -0.4 is 5.56 Å². The van der Waals surface area contributed by atoms with E-state index in [4.69, 9.17) is 0 Å². The number of halogens is 1. The molecule has 1 N–H and O–H groups in total. The highest BCUT2D eigenvalue weighted by molar-refractivity contribution is 5.82. The molecule has 0 saturated carbocycles. The first-order chi connectivity index (χ1) is 12.9. The predicted molar refractivity (Wildman–Crippen MR) is 105 cm³/mol. The summed E-state index contributed by atoms with van der Waals surface area (Å²) in [5.74, 6) is -0.540. The molecule has 0 unspecified atom stereocenters. The van der Waals surface area contributed by atoms with Gasteiger partial charge in [0.05, 0.1) is 5.56 Å². The molecule has 0 aliphatic heterocycles. The van der Waals surface area contributed by atoms with Crippen molar-refractivity contribution in [2.45, 2.75) is 33.6 Å². The van der Waals surface area contributed by atoms with Gasteiger partial charge in [-0.25, -0.2) is 9.07 Å². The Labute approximate surface area is 157 Å². The maximum atomic E-state index is 13.3. The molecule has 3 rings (SSSR count). The number of rotatable bonds is 4. The van der Waals surface area contributed by atoms with Gasteiger partial charge >= 0.3 is 0 Å². The molecule has 1 heterocycles. The Hall–Kier alpha value is -2.95. The SMILES string of the molecule is CCc1cc(C)cc(CC)c1-c1c(O)c(-c2ccc(F)cc2)nn(C)c1=O.